The fourth-order valence-electron chi connectivity index (χ4n) is 3.91. The number of carbonyl (C=O) groups is 1. The normalized spacial score (nSPS) is 21.0. The van der Waals surface area contributed by atoms with Crippen LogP contribution in [-0.2, 0) is 6.54 Å². The second-order valence-electron chi connectivity index (χ2n) is 6.87. The Morgan fingerprint density at radius 3 is 2.65 bits per heavy atom. The summed E-state index contributed by atoms with van der Waals surface area (Å²) in [7, 11) is 0. The molecule has 1 saturated heterocycles. The maximum Gasteiger partial charge on any atom is 0.257 e. The molecule has 7 heteroatoms. The molecule has 3 heterocycles. The highest BCUT2D eigenvalue weighted by molar-refractivity contribution is 7.80. The lowest BCUT2D eigenvalue weighted by Gasteiger charge is -2.43. The molecule has 0 aliphatic carbocycles. The molecule has 2 aromatic rings. The summed E-state index contributed by atoms with van der Waals surface area (Å²) in [6.45, 7) is 2.05. The molecule has 2 aliphatic heterocycles. The number of carbonyl (C=O) groups excluding carboxylic acids is 1. The van der Waals surface area contributed by atoms with Crippen molar-refractivity contribution in [3.8, 4) is 0 Å². The predicted octanol–water partition coefficient (Wildman–Crippen LogP) is 2.12. The summed E-state index contributed by atoms with van der Waals surface area (Å²) in [5, 5.41) is 3.11. The van der Waals surface area contributed by atoms with Gasteiger partial charge in [0.1, 0.15) is 5.82 Å². The lowest BCUT2D eigenvalue weighted by molar-refractivity contribution is 0.0968. The van der Waals surface area contributed by atoms with E-state index in [4.69, 9.17) is 12.2 Å². The average Bonchev–Trinajstić information content (AvgIpc) is 2.63. The molecule has 0 spiro atoms. The molecule has 5 nitrogen and oxygen atoms in total. The van der Waals surface area contributed by atoms with Crippen molar-refractivity contribution in [1.82, 2.24) is 14.8 Å². The number of aromatic nitrogens is 1. The minimum atomic E-state index is -0.387. The number of hydrogen-bond donors (Lipinski definition) is 1. The standard InChI is InChI=1S/C19H18FN3O2S/c20-15-6-4-13(5-7-15)18(25)21-19(26)22-9-12-8-14(11-22)16-2-1-3-17(24)23(16)10-12/h1-7,12,14H,8-11H2,(H,21,25,26)/t12-,14-/m1/s1. The molecule has 0 radical (unpaired) electrons. The minimum Gasteiger partial charge on any atom is -0.348 e. The van der Waals surface area contributed by atoms with Crippen LogP contribution in [0.5, 0.6) is 0 Å². The van der Waals surface area contributed by atoms with Gasteiger partial charge in [-0.05, 0) is 54.9 Å². The molecule has 134 valence electrons. The molecular formula is C19H18FN3O2S. The Labute approximate surface area is 155 Å². The lowest BCUT2D eigenvalue weighted by Crippen LogP contribution is -2.52. The van der Waals surface area contributed by atoms with E-state index in [0.29, 0.717) is 36.2 Å². The third kappa shape index (κ3) is 3.14. The predicted molar refractivity (Wildman–Crippen MR) is 99.6 cm³/mol. The van der Waals surface area contributed by atoms with Crippen molar-refractivity contribution in [3.63, 3.8) is 0 Å². The van der Waals surface area contributed by atoms with Gasteiger partial charge in [0.05, 0.1) is 0 Å². The highest BCUT2D eigenvalue weighted by atomic mass is 32.1. The van der Waals surface area contributed by atoms with E-state index in [-0.39, 0.29) is 23.2 Å². The van der Waals surface area contributed by atoms with Crippen molar-refractivity contribution in [2.24, 2.45) is 5.92 Å². The molecule has 2 bridgehead atoms. The molecule has 2 atom stereocenters. The maximum atomic E-state index is 13.0. The zero-order chi connectivity index (χ0) is 18.3. The first kappa shape index (κ1) is 16.9. The van der Waals surface area contributed by atoms with E-state index in [2.05, 4.69) is 5.32 Å². The van der Waals surface area contributed by atoms with E-state index in [9.17, 15) is 14.0 Å². The number of nitrogens with zero attached hydrogens (tertiary/aromatic N) is 2. The Bertz CT molecular complexity index is 925. The molecule has 1 amide bonds. The van der Waals surface area contributed by atoms with Crippen LogP contribution in [0.4, 0.5) is 4.39 Å². The van der Waals surface area contributed by atoms with Gasteiger partial charge in [-0.3, -0.25) is 14.9 Å². The summed E-state index contributed by atoms with van der Waals surface area (Å²) in [4.78, 5) is 26.4. The number of likely N-dealkylation sites (tertiary alicyclic amines) is 1. The van der Waals surface area contributed by atoms with Crippen LogP contribution in [0.2, 0.25) is 0 Å². The number of piperidine rings is 1. The molecule has 1 fully saturated rings. The van der Waals surface area contributed by atoms with Gasteiger partial charge in [0.15, 0.2) is 5.11 Å². The summed E-state index contributed by atoms with van der Waals surface area (Å²) >= 11 is 5.43. The van der Waals surface area contributed by atoms with Crippen LogP contribution < -0.4 is 10.9 Å². The first-order valence-electron chi connectivity index (χ1n) is 8.57. The number of amides is 1. The summed E-state index contributed by atoms with van der Waals surface area (Å²) in [5.74, 6) is -0.191. The highest BCUT2D eigenvalue weighted by Gasteiger charge is 2.35. The fraction of sp³-hybridized carbons (Fsp3) is 0.316. The Hall–Kier alpha value is -2.54. The molecule has 26 heavy (non-hydrogen) atoms. The van der Waals surface area contributed by atoms with Crippen LogP contribution in [0.3, 0.4) is 0 Å². The molecule has 1 N–H and O–H groups in total. The number of hydrogen-bond acceptors (Lipinski definition) is 3. The van der Waals surface area contributed by atoms with E-state index in [0.717, 1.165) is 12.1 Å². The van der Waals surface area contributed by atoms with Gasteiger partial charge >= 0.3 is 0 Å². The average molecular weight is 371 g/mol. The molecule has 2 aliphatic rings. The van der Waals surface area contributed by atoms with Gasteiger partial charge < -0.3 is 9.47 Å². The molecule has 1 aromatic carbocycles. The van der Waals surface area contributed by atoms with Crippen LogP contribution >= 0.6 is 12.2 Å². The van der Waals surface area contributed by atoms with Crippen molar-refractivity contribution in [3.05, 3.63) is 69.9 Å². The molecule has 0 unspecified atom stereocenters. The lowest BCUT2D eigenvalue weighted by atomic mass is 9.83. The van der Waals surface area contributed by atoms with Gasteiger partial charge in [-0.2, -0.15) is 0 Å². The fourth-order valence-corrected chi connectivity index (χ4v) is 4.15. The second-order valence-corrected chi connectivity index (χ2v) is 7.26. The molecular weight excluding hydrogens is 353 g/mol. The third-order valence-electron chi connectivity index (χ3n) is 5.09. The van der Waals surface area contributed by atoms with Crippen LogP contribution in [0.15, 0.2) is 47.3 Å². The van der Waals surface area contributed by atoms with Crippen molar-refractivity contribution in [2.45, 2.75) is 18.9 Å². The second kappa shape index (κ2) is 6.64. The smallest absolute Gasteiger partial charge is 0.257 e. The maximum absolute atomic E-state index is 13.0. The Kier molecular flexibility index (Phi) is 4.32. The molecule has 0 saturated carbocycles. The Balaban J connectivity index is 1.48. The van der Waals surface area contributed by atoms with E-state index in [1.165, 1.54) is 24.3 Å². The molecule has 4 rings (SSSR count). The highest BCUT2D eigenvalue weighted by Crippen LogP contribution is 2.34. The van der Waals surface area contributed by atoms with Gasteiger partial charge in [-0.25, -0.2) is 4.39 Å². The quantitative estimate of drug-likeness (QED) is 0.781. The SMILES string of the molecule is O=C(NC(=S)N1C[C@H]2C[C@H](C1)c1cccc(=O)n1C2)c1ccc(F)cc1. The van der Waals surface area contributed by atoms with Crippen molar-refractivity contribution < 1.29 is 9.18 Å². The first-order chi connectivity index (χ1) is 12.5. The van der Waals surface area contributed by atoms with Crippen LogP contribution in [-0.4, -0.2) is 33.6 Å². The monoisotopic (exact) mass is 371 g/mol. The Morgan fingerprint density at radius 1 is 1.12 bits per heavy atom. The number of halogens is 1. The number of benzene rings is 1. The topological polar surface area (TPSA) is 54.3 Å². The third-order valence-corrected chi connectivity index (χ3v) is 5.45. The minimum absolute atomic E-state index is 0.0397. The number of rotatable bonds is 1. The largest absolute Gasteiger partial charge is 0.348 e. The van der Waals surface area contributed by atoms with Gasteiger partial charge in [0.2, 0.25) is 0 Å². The number of fused-ring (bicyclic) bond motifs is 4. The van der Waals surface area contributed by atoms with Crippen molar-refractivity contribution >= 4 is 23.2 Å². The Morgan fingerprint density at radius 2 is 1.88 bits per heavy atom. The number of nitrogens with one attached hydrogen (secondary N) is 1. The van der Waals surface area contributed by atoms with Gasteiger partial charge in [-0.15, -0.1) is 0 Å². The van der Waals surface area contributed by atoms with Gasteiger partial charge in [0, 0.05) is 42.9 Å². The van der Waals surface area contributed by atoms with Crippen molar-refractivity contribution in [1.29, 1.82) is 0 Å². The number of thiocarbonyl (C=S) groups is 1. The van der Waals surface area contributed by atoms with Crippen LogP contribution in [0.25, 0.3) is 0 Å². The summed E-state index contributed by atoms with van der Waals surface area (Å²) in [5.41, 5.74) is 1.44. The van der Waals surface area contributed by atoms with E-state index >= 15 is 0 Å². The number of pyridine rings is 1. The van der Waals surface area contributed by atoms with Crippen molar-refractivity contribution in [2.75, 3.05) is 13.1 Å². The van der Waals surface area contributed by atoms with Gasteiger partial charge in [-0.1, -0.05) is 6.07 Å². The zero-order valence-electron chi connectivity index (χ0n) is 14.0. The van der Waals surface area contributed by atoms with E-state index in [1.54, 1.807) is 12.1 Å². The van der Waals surface area contributed by atoms with Crippen LogP contribution in [0, 0.1) is 11.7 Å². The molecule has 1 aromatic heterocycles. The van der Waals surface area contributed by atoms with Gasteiger partial charge in [0.25, 0.3) is 11.5 Å². The first-order valence-corrected chi connectivity index (χ1v) is 8.97. The summed E-state index contributed by atoms with van der Waals surface area (Å²) < 4.78 is 14.9. The van der Waals surface area contributed by atoms with Crippen LogP contribution in [0.1, 0.15) is 28.4 Å². The summed E-state index contributed by atoms with van der Waals surface area (Å²) in [6, 6.07) is 10.7. The summed E-state index contributed by atoms with van der Waals surface area (Å²) in [6.07, 6.45) is 1.02. The van der Waals surface area contributed by atoms with E-state index in [1.807, 2.05) is 15.5 Å². The van der Waals surface area contributed by atoms with E-state index < -0.39 is 0 Å². The zero-order valence-corrected chi connectivity index (χ0v) is 14.8.